The number of H-pyrrole nitrogens is 1. The van der Waals surface area contributed by atoms with Crippen LogP contribution < -0.4 is 14.8 Å². The molecule has 3 aromatic rings. The molecular weight excluding hydrogens is 492 g/mol. The topological polar surface area (TPSA) is 76.2 Å². The summed E-state index contributed by atoms with van der Waals surface area (Å²) in [5.41, 5.74) is 0.531. The van der Waals surface area contributed by atoms with Gasteiger partial charge in [0.25, 0.3) is 5.91 Å². The van der Waals surface area contributed by atoms with E-state index in [0.717, 1.165) is 30.8 Å². The highest BCUT2D eigenvalue weighted by Gasteiger charge is 2.70. The van der Waals surface area contributed by atoms with Gasteiger partial charge in [-0.15, -0.1) is 0 Å². The van der Waals surface area contributed by atoms with Crippen LogP contribution in [0.25, 0.3) is 0 Å². The summed E-state index contributed by atoms with van der Waals surface area (Å²) in [6.07, 6.45) is 4.16. The predicted molar refractivity (Wildman–Crippen MR) is 123 cm³/mol. The Morgan fingerprint density at radius 3 is 2.42 bits per heavy atom. The molecule has 3 aliphatic carbocycles. The van der Waals surface area contributed by atoms with Gasteiger partial charge in [0.05, 0.1) is 27.0 Å². The van der Waals surface area contributed by atoms with E-state index in [2.05, 4.69) is 15.3 Å². The lowest BCUT2D eigenvalue weighted by molar-refractivity contribution is -0.141. The zero-order valence-corrected chi connectivity index (χ0v) is 19.5. The molecular formula is C23H19Cl3FN3O3. The number of rotatable bonds is 8. The first kappa shape index (κ1) is 22.3. The lowest BCUT2D eigenvalue weighted by atomic mass is 9.39. The van der Waals surface area contributed by atoms with E-state index in [9.17, 15) is 9.18 Å². The Morgan fingerprint density at radius 2 is 1.73 bits per heavy atom. The summed E-state index contributed by atoms with van der Waals surface area (Å²) < 4.78 is 24.7. The highest BCUT2D eigenvalue weighted by Crippen LogP contribution is 2.67. The zero-order chi connectivity index (χ0) is 23.2. The molecule has 3 fully saturated rings. The van der Waals surface area contributed by atoms with Crippen LogP contribution in [-0.4, -0.2) is 28.0 Å². The summed E-state index contributed by atoms with van der Waals surface area (Å²) in [6.45, 7) is 0.137. The lowest BCUT2D eigenvalue weighted by Crippen LogP contribution is -2.77. The molecule has 0 atom stereocenters. The number of ether oxygens (including phenoxy) is 2. The molecule has 2 bridgehead atoms. The maximum atomic E-state index is 13.5. The number of aromatic amines is 1. The summed E-state index contributed by atoms with van der Waals surface area (Å²) in [7, 11) is 0. The molecule has 0 radical (unpaired) electrons. The SMILES string of the molecule is O=C(COc1ccc(Cl)c(Cl)c1)NC12CC(c3ncc(COc4ccc(Cl)c(F)c4)[nH]3)(C1)C2. The number of nitrogens with one attached hydrogen (secondary N) is 2. The number of halogens is 4. The van der Waals surface area contributed by atoms with Crippen LogP contribution in [0.5, 0.6) is 11.5 Å². The first-order valence-electron chi connectivity index (χ1n) is 10.3. The Bertz CT molecular complexity index is 1210. The van der Waals surface area contributed by atoms with Crippen molar-refractivity contribution in [3.63, 3.8) is 0 Å². The fraction of sp³-hybridized carbons (Fsp3) is 0.304. The highest BCUT2D eigenvalue weighted by atomic mass is 35.5. The molecule has 0 saturated heterocycles. The highest BCUT2D eigenvalue weighted by molar-refractivity contribution is 6.42. The van der Waals surface area contributed by atoms with Crippen LogP contribution in [0, 0.1) is 5.82 Å². The van der Waals surface area contributed by atoms with Crippen molar-refractivity contribution in [2.75, 3.05) is 6.61 Å². The van der Waals surface area contributed by atoms with Crippen molar-refractivity contribution in [1.29, 1.82) is 0 Å². The largest absolute Gasteiger partial charge is 0.487 e. The fourth-order valence-corrected chi connectivity index (χ4v) is 5.05. The Hall–Kier alpha value is -2.48. The third-order valence-corrected chi connectivity index (χ3v) is 7.16. The third kappa shape index (κ3) is 4.37. The van der Waals surface area contributed by atoms with Gasteiger partial charge in [0, 0.05) is 23.1 Å². The molecule has 1 amide bonds. The molecule has 10 heteroatoms. The number of nitrogens with zero attached hydrogens (tertiary/aromatic N) is 1. The molecule has 6 nitrogen and oxygen atoms in total. The Morgan fingerprint density at radius 1 is 1.03 bits per heavy atom. The van der Waals surface area contributed by atoms with Crippen LogP contribution in [0.3, 0.4) is 0 Å². The van der Waals surface area contributed by atoms with E-state index in [1.807, 2.05) is 0 Å². The summed E-state index contributed by atoms with van der Waals surface area (Å²) in [5.74, 6) is 1.05. The number of hydrogen-bond acceptors (Lipinski definition) is 4. The number of carbonyl (C=O) groups is 1. The van der Waals surface area contributed by atoms with E-state index in [4.69, 9.17) is 44.3 Å². The van der Waals surface area contributed by atoms with Crippen molar-refractivity contribution in [2.24, 2.45) is 0 Å². The minimum Gasteiger partial charge on any atom is -0.487 e. The third-order valence-electron chi connectivity index (χ3n) is 6.11. The normalized spacial score (nSPS) is 22.8. The number of imidazole rings is 1. The standard InChI is InChI=1S/C23H19Cl3FN3O3/c24-16-3-1-14(5-18(16)26)33-9-20(31)30-23-10-22(11-23,12-23)21-28-7-13(29-21)8-32-15-2-4-17(25)19(27)6-15/h1-7H,8-12H2,(H,28,29)(H,30,31). The molecule has 2 aromatic carbocycles. The smallest absolute Gasteiger partial charge is 0.258 e. The Balaban J connectivity index is 1.10. The average molecular weight is 511 g/mol. The molecule has 6 rings (SSSR count). The second-order valence-corrected chi connectivity index (χ2v) is 9.85. The van der Waals surface area contributed by atoms with Gasteiger partial charge < -0.3 is 19.8 Å². The molecule has 3 aliphatic rings. The molecule has 172 valence electrons. The number of aromatic nitrogens is 2. The molecule has 1 aromatic heterocycles. The minimum absolute atomic E-state index is 0.0526. The van der Waals surface area contributed by atoms with E-state index in [-0.39, 0.29) is 35.1 Å². The predicted octanol–water partition coefficient (Wildman–Crippen LogP) is 5.46. The van der Waals surface area contributed by atoms with Crippen LogP contribution in [0.4, 0.5) is 4.39 Å². The van der Waals surface area contributed by atoms with E-state index < -0.39 is 5.82 Å². The van der Waals surface area contributed by atoms with Crippen molar-refractivity contribution >= 4 is 40.7 Å². The molecule has 1 heterocycles. The van der Waals surface area contributed by atoms with E-state index in [0.29, 0.717) is 21.5 Å². The van der Waals surface area contributed by atoms with Crippen molar-refractivity contribution in [1.82, 2.24) is 15.3 Å². The van der Waals surface area contributed by atoms with Gasteiger partial charge in [-0.1, -0.05) is 34.8 Å². The summed E-state index contributed by atoms with van der Waals surface area (Å²) in [4.78, 5) is 20.1. The number of hydrogen-bond donors (Lipinski definition) is 2. The van der Waals surface area contributed by atoms with Crippen molar-refractivity contribution < 1.29 is 18.7 Å². The van der Waals surface area contributed by atoms with E-state index >= 15 is 0 Å². The Labute approximate surface area is 204 Å². The van der Waals surface area contributed by atoms with Crippen LogP contribution in [0.15, 0.2) is 42.6 Å². The van der Waals surface area contributed by atoms with Crippen molar-refractivity contribution in [2.45, 2.75) is 36.8 Å². The first-order valence-corrected chi connectivity index (χ1v) is 11.4. The van der Waals surface area contributed by atoms with Gasteiger partial charge in [-0.05, 0) is 43.5 Å². The Kier molecular flexibility index (Phi) is 5.67. The molecule has 0 unspecified atom stereocenters. The summed E-state index contributed by atoms with van der Waals surface area (Å²) in [6, 6.07) is 9.18. The van der Waals surface area contributed by atoms with Crippen LogP contribution in [-0.2, 0) is 16.8 Å². The van der Waals surface area contributed by atoms with E-state index in [1.165, 1.54) is 12.1 Å². The molecule has 2 N–H and O–H groups in total. The van der Waals surface area contributed by atoms with Gasteiger partial charge in [-0.25, -0.2) is 9.37 Å². The van der Waals surface area contributed by atoms with Crippen LogP contribution >= 0.6 is 34.8 Å². The quantitative estimate of drug-likeness (QED) is 0.422. The molecule has 3 saturated carbocycles. The van der Waals surface area contributed by atoms with Gasteiger partial charge in [0.2, 0.25) is 0 Å². The van der Waals surface area contributed by atoms with Gasteiger partial charge >= 0.3 is 0 Å². The number of carbonyl (C=O) groups excluding carboxylic acids is 1. The average Bonchev–Trinajstić information content (AvgIpc) is 3.20. The van der Waals surface area contributed by atoms with Crippen LogP contribution in [0.1, 0.15) is 30.8 Å². The fourth-order valence-electron chi connectivity index (χ4n) is 4.65. The summed E-state index contributed by atoms with van der Waals surface area (Å²) in [5, 5.41) is 3.93. The van der Waals surface area contributed by atoms with E-state index in [1.54, 1.807) is 30.5 Å². The lowest BCUT2D eigenvalue weighted by Gasteiger charge is -2.69. The molecule has 33 heavy (non-hydrogen) atoms. The van der Waals surface area contributed by atoms with Gasteiger partial charge in [-0.2, -0.15) is 0 Å². The molecule has 0 aliphatic heterocycles. The zero-order valence-electron chi connectivity index (χ0n) is 17.3. The number of amides is 1. The van der Waals surface area contributed by atoms with Crippen molar-refractivity contribution in [3.05, 3.63) is 75.0 Å². The monoisotopic (exact) mass is 509 g/mol. The summed E-state index contributed by atoms with van der Waals surface area (Å²) >= 11 is 17.5. The number of benzene rings is 2. The minimum atomic E-state index is -0.525. The second-order valence-electron chi connectivity index (χ2n) is 8.63. The molecule has 0 spiro atoms. The van der Waals surface area contributed by atoms with Gasteiger partial charge in [0.1, 0.15) is 29.7 Å². The van der Waals surface area contributed by atoms with Crippen LogP contribution in [0.2, 0.25) is 15.1 Å². The maximum absolute atomic E-state index is 13.5. The maximum Gasteiger partial charge on any atom is 0.258 e. The first-order chi connectivity index (χ1) is 15.8. The second kappa shape index (κ2) is 8.38. The van der Waals surface area contributed by atoms with Gasteiger partial charge in [0.15, 0.2) is 6.61 Å². The van der Waals surface area contributed by atoms with Crippen molar-refractivity contribution in [3.8, 4) is 11.5 Å². The van der Waals surface area contributed by atoms with Gasteiger partial charge in [-0.3, -0.25) is 4.79 Å².